The van der Waals surface area contributed by atoms with Crippen LogP contribution in [0.1, 0.15) is 70.8 Å². The summed E-state index contributed by atoms with van der Waals surface area (Å²) in [6.07, 6.45) is 12.5. The molecule has 1 fully saturated rings. The first-order valence-corrected chi connectivity index (χ1v) is 11.1. The second kappa shape index (κ2) is 7.46. The molecule has 152 valence electrons. The number of rotatable bonds is 3. The molecule has 1 aromatic carbocycles. The van der Waals surface area contributed by atoms with E-state index < -0.39 is 0 Å². The lowest BCUT2D eigenvalue weighted by Crippen LogP contribution is -2.33. The van der Waals surface area contributed by atoms with E-state index in [1.165, 1.54) is 70.3 Å². The van der Waals surface area contributed by atoms with Gasteiger partial charge in [0.15, 0.2) is 5.69 Å². The Morgan fingerprint density at radius 3 is 2.53 bits per heavy atom. The second-order valence-electron chi connectivity index (χ2n) is 9.13. The molecule has 0 unspecified atom stereocenters. The van der Waals surface area contributed by atoms with Crippen LogP contribution in [0.15, 0.2) is 36.8 Å². The number of aromatic nitrogens is 3. The number of fused-ring (bicyclic) bond motifs is 1. The molecule has 2 heterocycles. The predicted octanol–water partition coefficient (Wildman–Crippen LogP) is 5.65. The fourth-order valence-electron chi connectivity index (χ4n) is 5.22. The normalized spacial score (nSPS) is 16.1. The molecule has 0 atom stereocenters. The van der Waals surface area contributed by atoms with Gasteiger partial charge in [0, 0.05) is 18.2 Å². The standard InChI is InChI=1S/C27H30N3/c1-17-11-18(2)19(3)23(12-17)27-24-13-22(14-26(24)29-16-30(27)4)25-10-9-21(15-28-25)20-7-5-6-8-20/h9-12,14-16,20H,5-8,13H2,1-4H3/q+1. The van der Waals surface area contributed by atoms with Crippen LogP contribution in [0, 0.1) is 20.8 Å². The van der Waals surface area contributed by atoms with Crippen molar-refractivity contribution in [3.63, 3.8) is 0 Å². The Balaban J connectivity index is 1.51. The molecule has 0 bridgehead atoms. The van der Waals surface area contributed by atoms with Gasteiger partial charge in [0.2, 0.25) is 0 Å². The minimum absolute atomic E-state index is 0.709. The predicted molar refractivity (Wildman–Crippen MR) is 122 cm³/mol. The maximum atomic E-state index is 4.86. The van der Waals surface area contributed by atoms with Crippen molar-refractivity contribution in [1.82, 2.24) is 9.97 Å². The summed E-state index contributed by atoms with van der Waals surface area (Å²) in [5.74, 6) is 0.709. The topological polar surface area (TPSA) is 29.7 Å². The van der Waals surface area contributed by atoms with Crippen LogP contribution in [0.4, 0.5) is 0 Å². The highest BCUT2D eigenvalue weighted by molar-refractivity contribution is 5.89. The SMILES string of the molecule is Cc1cc(C)c(C)c(-c2c3c(nc[n+]2C)C=C(c2ccc(C4CCCC4)cn2)C3)c1. The third-order valence-corrected chi connectivity index (χ3v) is 7.00. The van der Waals surface area contributed by atoms with Crippen molar-refractivity contribution in [1.29, 1.82) is 0 Å². The second-order valence-corrected chi connectivity index (χ2v) is 9.13. The molecule has 0 saturated heterocycles. The van der Waals surface area contributed by atoms with Crippen LogP contribution in [0.25, 0.3) is 22.9 Å². The first-order valence-electron chi connectivity index (χ1n) is 11.1. The van der Waals surface area contributed by atoms with Crippen molar-refractivity contribution in [2.45, 2.75) is 58.8 Å². The molecule has 1 saturated carbocycles. The molecule has 3 heteroatoms. The van der Waals surface area contributed by atoms with E-state index in [2.05, 4.69) is 68.9 Å². The minimum atomic E-state index is 0.709. The van der Waals surface area contributed by atoms with Crippen LogP contribution < -0.4 is 4.57 Å². The molecular weight excluding hydrogens is 366 g/mol. The molecular formula is C27H30N3+. The zero-order chi connectivity index (χ0) is 20.8. The van der Waals surface area contributed by atoms with Gasteiger partial charge in [-0.3, -0.25) is 4.98 Å². The van der Waals surface area contributed by atoms with Crippen LogP contribution in [0.3, 0.4) is 0 Å². The summed E-state index contributed by atoms with van der Waals surface area (Å²) in [6.45, 7) is 6.60. The monoisotopic (exact) mass is 396 g/mol. The molecule has 0 radical (unpaired) electrons. The van der Waals surface area contributed by atoms with Gasteiger partial charge in [-0.15, -0.1) is 0 Å². The van der Waals surface area contributed by atoms with Crippen molar-refractivity contribution in [2.75, 3.05) is 0 Å². The Labute approximate surface area is 179 Å². The summed E-state index contributed by atoms with van der Waals surface area (Å²) in [5.41, 5.74) is 12.7. The zero-order valence-corrected chi connectivity index (χ0v) is 18.5. The summed E-state index contributed by atoms with van der Waals surface area (Å²) in [7, 11) is 2.10. The Kier molecular flexibility index (Phi) is 4.77. The van der Waals surface area contributed by atoms with Crippen LogP contribution >= 0.6 is 0 Å². The smallest absolute Gasteiger partial charge is 0.256 e. The van der Waals surface area contributed by atoms with Gasteiger partial charge >= 0.3 is 0 Å². The molecule has 2 aliphatic rings. The number of hydrogen-bond acceptors (Lipinski definition) is 2. The van der Waals surface area contributed by atoms with E-state index in [0.717, 1.165) is 17.8 Å². The summed E-state index contributed by atoms with van der Waals surface area (Å²) in [5, 5.41) is 0. The van der Waals surface area contributed by atoms with Gasteiger partial charge in [-0.2, -0.15) is 0 Å². The molecule has 2 aliphatic carbocycles. The van der Waals surface area contributed by atoms with E-state index in [9.17, 15) is 0 Å². The van der Waals surface area contributed by atoms with Crippen molar-refractivity contribution >= 4 is 11.6 Å². The first-order chi connectivity index (χ1) is 14.5. The number of hydrogen-bond donors (Lipinski definition) is 0. The van der Waals surface area contributed by atoms with E-state index in [4.69, 9.17) is 9.97 Å². The van der Waals surface area contributed by atoms with E-state index in [-0.39, 0.29) is 0 Å². The molecule has 0 aliphatic heterocycles. The van der Waals surface area contributed by atoms with Crippen LogP contribution in [0.2, 0.25) is 0 Å². The fraction of sp³-hybridized carbons (Fsp3) is 0.370. The number of benzene rings is 1. The minimum Gasteiger partial charge on any atom is -0.256 e. The van der Waals surface area contributed by atoms with Crippen molar-refractivity contribution in [3.05, 3.63) is 76.0 Å². The van der Waals surface area contributed by atoms with Gasteiger partial charge in [0.05, 0.1) is 18.3 Å². The van der Waals surface area contributed by atoms with Gasteiger partial charge in [-0.1, -0.05) is 30.5 Å². The average Bonchev–Trinajstić information content (AvgIpc) is 3.41. The van der Waals surface area contributed by atoms with Gasteiger partial charge in [-0.25, -0.2) is 4.57 Å². The first kappa shape index (κ1) is 19.2. The quantitative estimate of drug-likeness (QED) is 0.536. The van der Waals surface area contributed by atoms with Crippen molar-refractivity contribution in [3.8, 4) is 11.3 Å². The van der Waals surface area contributed by atoms with E-state index in [1.54, 1.807) is 0 Å². The van der Waals surface area contributed by atoms with Gasteiger partial charge < -0.3 is 0 Å². The average molecular weight is 397 g/mol. The zero-order valence-electron chi connectivity index (χ0n) is 18.5. The maximum absolute atomic E-state index is 4.86. The third-order valence-electron chi connectivity index (χ3n) is 7.00. The Morgan fingerprint density at radius 1 is 1.00 bits per heavy atom. The summed E-state index contributed by atoms with van der Waals surface area (Å²) in [6, 6.07) is 9.09. The van der Waals surface area contributed by atoms with E-state index in [0.29, 0.717) is 5.92 Å². The third kappa shape index (κ3) is 3.27. The molecule has 0 amide bonds. The number of nitrogens with zero attached hydrogens (tertiary/aromatic N) is 3. The summed E-state index contributed by atoms with van der Waals surface area (Å²) < 4.78 is 2.17. The lowest BCUT2D eigenvalue weighted by molar-refractivity contribution is -0.663. The molecule has 5 rings (SSSR count). The largest absolute Gasteiger partial charge is 0.287 e. The summed E-state index contributed by atoms with van der Waals surface area (Å²) >= 11 is 0. The number of allylic oxidation sites excluding steroid dienone is 1. The van der Waals surface area contributed by atoms with Crippen LogP contribution in [-0.4, -0.2) is 9.97 Å². The maximum Gasteiger partial charge on any atom is 0.287 e. The Morgan fingerprint density at radius 2 is 1.80 bits per heavy atom. The van der Waals surface area contributed by atoms with Gasteiger partial charge in [-0.05, 0) is 85.0 Å². The molecule has 3 aromatic rings. The van der Waals surface area contributed by atoms with E-state index in [1.807, 2.05) is 6.33 Å². The molecule has 3 nitrogen and oxygen atoms in total. The van der Waals surface area contributed by atoms with Gasteiger partial charge in [0.25, 0.3) is 6.33 Å². The lowest BCUT2D eigenvalue weighted by atomic mass is 9.94. The number of pyridine rings is 1. The highest BCUT2D eigenvalue weighted by Crippen LogP contribution is 2.37. The Bertz CT molecular complexity index is 1150. The van der Waals surface area contributed by atoms with Crippen LogP contribution in [0.5, 0.6) is 0 Å². The van der Waals surface area contributed by atoms with Crippen molar-refractivity contribution < 1.29 is 4.57 Å². The van der Waals surface area contributed by atoms with Crippen LogP contribution in [-0.2, 0) is 13.5 Å². The van der Waals surface area contributed by atoms with Gasteiger partial charge in [0.1, 0.15) is 5.69 Å². The molecule has 0 spiro atoms. The highest BCUT2D eigenvalue weighted by atomic mass is 15.0. The van der Waals surface area contributed by atoms with E-state index >= 15 is 0 Å². The summed E-state index contributed by atoms with van der Waals surface area (Å²) in [4.78, 5) is 9.59. The fourth-order valence-corrected chi connectivity index (χ4v) is 5.22. The highest BCUT2D eigenvalue weighted by Gasteiger charge is 2.28. The van der Waals surface area contributed by atoms with Crippen molar-refractivity contribution in [2.24, 2.45) is 7.05 Å². The molecule has 2 aromatic heterocycles. The molecule has 30 heavy (non-hydrogen) atoms. The molecule has 0 N–H and O–H groups in total. The number of aryl methyl sites for hydroxylation is 3. The Hall–Kier alpha value is -2.81. The lowest BCUT2D eigenvalue weighted by Gasteiger charge is -2.13.